The number of halogens is 7. The number of anilines is 1. The third kappa shape index (κ3) is 6.88. The summed E-state index contributed by atoms with van der Waals surface area (Å²) in [6, 6.07) is 8.37. The lowest BCUT2D eigenvalue weighted by atomic mass is 9.73. The van der Waals surface area contributed by atoms with Crippen LogP contribution in [0, 0.1) is 16.7 Å². The number of hydrogen-bond donors (Lipinski definition) is 2. The van der Waals surface area contributed by atoms with Gasteiger partial charge in [0.1, 0.15) is 5.84 Å². The number of rotatable bonds is 9. The average Bonchev–Trinajstić information content (AvgIpc) is 3.30. The number of amides is 1. The van der Waals surface area contributed by atoms with Crippen molar-refractivity contribution in [3.8, 4) is 0 Å². The molecule has 2 N–H and O–H groups in total. The van der Waals surface area contributed by atoms with Crippen LogP contribution in [0.1, 0.15) is 46.5 Å². The summed E-state index contributed by atoms with van der Waals surface area (Å²) in [5.74, 6) is -1.19. The van der Waals surface area contributed by atoms with Gasteiger partial charge in [0.25, 0.3) is 5.91 Å². The third-order valence-electron chi connectivity index (χ3n) is 9.33. The van der Waals surface area contributed by atoms with Gasteiger partial charge in [0.15, 0.2) is 6.17 Å². The van der Waals surface area contributed by atoms with Gasteiger partial charge in [0.2, 0.25) is 0 Å². The van der Waals surface area contributed by atoms with Gasteiger partial charge in [-0.1, -0.05) is 26.0 Å². The molecule has 0 radical (unpaired) electrons. The van der Waals surface area contributed by atoms with Gasteiger partial charge in [-0.25, -0.2) is 4.39 Å². The molecule has 15 heteroatoms. The molecule has 2 saturated heterocycles. The van der Waals surface area contributed by atoms with Gasteiger partial charge in [0, 0.05) is 50.5 Å². The van der Waals surface area contributed by atoms with E-state index in [2.05, 4.69) is 0 Å². The van der Waals surface area contributed by atoms with E-state index in [1.165, 1.54) is 29.0 Å². The molecule has 5 rings (SSSR count). The second-order valence-electron chi connectivity index (χ2n) is 12.9. The predicted molar refractivity (Wildman–Crippen MR) is 162 cm³/mol. The minimum atomic E-state index is -4.78. The number of carbonyl (C=O) groups excluding carboxylic acids is 1. The smallest absolute Gasteiger partial charge is 0.379 e. The molecule has 3 aliphatic heterocycles. The Labute approximate surface area is 268 Å². The van der Waals surface area contributed by atoms with Gasteiger partial charge in [-0.15, -0.1) is 0 Å². The molecule has 0 saturated carbocycles. The Balaban J connectivity index is 1.43. The van der Waals surface area contributed by atoms with Crippen LogP contribution in [0.5, 0.6) is 0 Å². The Hall–Kier alpha value is -3.56. The Kier molecular flexibility index (Phi) is 9.47. The summed E-state index contributed by atoms with van der Waals surface area (Å²) in [5, 5.41) is 15.5. The SMILES string of the molecule is CC(C)[C@H]1CN(CC(F)(F)F)CCN1Cc1cc2c(c(C(F)(F)F)c1)CN(c1cccc(C3([C@@H](F)C(=N)N(C)C=N)COC3)c1)C2=O. The highest BCUT2D eigenvalue weighted by atomic mass is 19.4. The van der Waals surface area contributed by atoms with Crippen LogP contribution in [0.4, 0.5) is 36.4 Å². The van der Waals surface area contributed by atoms with Gasteiger partial charge in [-0.3, -0.25) is 25.4 Å². The summed E-state index contributed by atoms with van der Waals surface area (Å²) < 4.78 is 104. The summed E-state index contributed by atoms with van der Waals surface area (Å²) in [4.78, 5) is 19.2. The Morgan fingerprint density at radius 2 is 1.83 bits per heavy atom. The number of amidine groups is 1. The van der Waals surface area contributed by atoms with Crippen LogP contribution in [0.25, 0.3) is 0 Å². The molecule has 0 aromatic heterocycles. The van der Waals surface area contributed by atoms with Crippen molar-refractivity contribution >= 4 is 23.8 Å². The minimum absolute atomic E-state index is 0.0262. The molecule has 0 bridgehead atoms. The van der Waals surface area contributed by atoms with Gasteiger partial charge in [-0.2, -0.15) is 26.3 Å². The maximum absolute atomic E-state index is 15.7. The van der Waals surface area contributed by atoms with Crippen molar-refractivity contribution in [2.75, 3.05) is 51.3 Å². The highest BCUT2D eigenvalue weighted by molar-refractivity contribution is 6.10. The Morgan fingerprint density at radius 1 is 1.13 bits per heavy atom. The number of fused-ring (bicyclic) bond motifs is 1. The number of alkyl halides is 7. The zero-order valence-corrected chi connectivity index (χ0v) is 26.2. The average molecular weight is 671 g/mol. The summed E-state index contributed by atoms with van der Waals surface area (Å²) in [7, 11) is 1.37. The molecule has 2 aromatic carbocycles. The highest BCUT2D eigenvalue weighted by Crippen LogP contribution is 2.43. The van der Waals surface area contributed by atoms with Gasteiger partial charge in [0.05, 0.1) is 43.6 Å². The van der Waals surface area contributed by atoms with Crippen LogP contribution in [-0.2, 0) is 29.4 Å². The number of nitrogens with zero attached hydrogens (tertiary/aromatic N) is 4. The normalized spacial score (nSPS) is 21.0. The lowest BCUT2D eigenvalue weighted by molar-refractivity contribution is -0.153. The lowest BCUT2D eigenvalue weighted by Gasteiger charge is -2.45. The van der Waals surface area contributed by atoms with Gasteiger partial charge >= 0.3 is 12.4 Å². The molecule has 2 atom stereocenters. The van der Waals surface area contributed by atoms with Crippen molar-refractivity contribution in [2.24, 2.45) is 5.92 Å². The third-order valence-corrected chi connectivity index (χ3v) is 9.33. The monoisotopic (exact) mass is 670 g/mol. The zero-order valence-electron chi connectivity index (χ0n) is 26.2. The fraction of sp³-hybridized carbons (Fsp3) is 0.531. The quantitative estimate of drug-likeness (QED) is 0.204. The van der Waals surface area contributed by atoms with Crippen LogP contribution < -0.4 is 4.90 Å². The van der Waals surface area contributed by atoms with Crippen LogP contribution in [0.15, 0.2) is 36.4 Å². The second-order valence-corrected chi connectivity index (χ2v) is 12.9. The topological polar surface area (TPSA) is 87.0 Å². The molecule has 0 spiro atoms. The van der Waals surface area contributed by atoms with E-state index in [4.69, 9.17) is 15.6 Å². The summed E-state index contributed by atoms with van der Waals surface area (Å²) in [6.45, 7) is 2.61. The minimum Gasteiger partial charge on any atom is -0.379 e. The van der Waals surface area contributed by atoms with Crippen LogP contribution in [0.2, 0.25) is 0 Å². The van der Waals surface area contributed by atoms with E-state index in [0.717, 1.165) is 17.3 Å². The molecule has 1 amide bonds. The molecular weight excluding hydrogens is 633 g/mol. The van der Waals surface area contributed by atoms with Gasteiger partial charge in [-0.05, 0) is 46.9 Å². The Bertz CT molecular complexity index is 1520. The van der Waals surface area contributed by atoms with Crippen molar-refractivity contribution in [1.82, 2.24) is 14.7 Å². The summed E-state index contributed by atoms with van der Waals surface area (Å²) in [6.07, 6.45) is -10.2. The maximum Gasteiger partial charge on any atom is 0.416 e. The first kappa shape index (κ1) is 34.8. The van der Waals surface area contributed by atoms with E-state index in [0.29, 0.717) is 5.56 Å². The van der Waals surface area contributed by atoms with E-state index in [1.807, 2.05) is 18.7 Å². The molecule has 2 aromatic rings. The first-order valence-corrected chi connectivity index (χ1v) is 15.2. The number of carbonyl (C=O) groups is 1. The molecule has 3 heterocycles. The molecule has 0 aliphatic carbocycles. The fourth-order valence-electron chi connectivity index (χ4n) is 6.66. The summed E-state index contributed by atoms with van der Waals surface area (Å²) in [5.41, 5.74) is -1.64. The van der Waals surface area contributed by atoms with Gasteiger partial charge < -0.3 is 14.5 Å². The van der Waals surface area contributed by atoms with Crippen molar-refractivity contribution in [3.05, 3.63) is 64.2 Å². The number of piperazine rings is 1. The molecule has 3 aliphatic rings. The number of ether oxygens (including phenoxy) is 1. The largest absolute Gasteiger partial charge is 0.416 e. The van der Waals surface area contributed by atoms with E-state index >= 15 is 4.39 Å². The molecule has 256 valence electrons. The van der Waals surface area contributed by atoms with Crippen molar-refractivity contribution in [3.63, 3.8) is 0 Å². The highest BCUT2D eigenvalue weighted by Gasteiger charge is 2.51. The number of benzene rings is 2. The second kappa shape index (κ2) is 12.8. The van der Waals surface area contributed by atoms with Crippen LogP contribution in [0.3, 0.4) is 0 Å². The van der Waals surface area contributed by atoms with E-state index in [-0.39, 0.29) is 80.3 Å². The van der Waals surface area contributed by atoms with Crippen molar-refractivity contribution < 1.29 is 40.3 Å². The molecule has 0 unspecified atom stereocenters. The van der Waals surface area contributed by atoms with Crippen LogP contribution in [-0.4, -0.2) is 97.6 Å². The number of nitrogens with one attached hydrogen (secondary N) is 2. The molecule has 8 nitrogen and oxygen atoms in total. The zero-order chi connectivity index (χ0) is 34.5. The number of hydrogen-bond acceptors (Lipinski definition) is 6. The lowest BCUT2D eigenvalue weighted by Crippen LogP contribution is -2.58. The predicted octanol–water partition coefficient (Wildman–Crippen LogP) is 5.69. The van der Waals surface area contributed by atoms with Crippen molar-refractivity contribution in [1.29, 1.82) is 10.8 Å². The van der Waals surface area contributed by atoms with Crippen LogP contribution >= 0.6 is 0 Å². The molecule has 2 fully saturated rings. The molecular formula is C32H37F7N6O2. The maximum atomic E-state index is 15.7. The first-order chi connectivity index (χ1) is 21.9. The van der Waals surface area contributed by atoms with Crippen molar-refractivity contribution in [2.45, 2.75) is 56.9 Å². The van der Waals surface area contributed by atoms with E-state index in [9.17, 15) is 31.1 Å². The van der Waals surface area contributed by atoms with E-state index in [1.54, 1.807) is 18.2 Å². The molecule has 47 heavy (non-hydrogen) atoms. The van der Waals surface area contributed by atoms with E-state index < -0.39 is 47.8 Å². The Morgan fingerprint density at radius 3 is 2.40 bits per heavy atom. The fourth-order valence-corrected chi connectivity index (χ4v) is 6.66. The summed E-state index contributed by atoms with van der Waals surface area (Å²) >= 11 is 0. The first-order valence-electron chi connectivity index (χ1n) is 15.2. The standard InChI is InChI=1S/C32H37F7N6O2/c1-19(2)26-14-43(15-31(34,35)36)7-8-44(26)12-20-9-23-24(25(10-20)32(37,38)39)13-45(29(23)46)22-6-4-5-21(11-22)30(16-47-17-30)27(33)28(41)42(3)18-40/h4-6,9-11,18-19,26-27,40-41H,7-8,12-17H2,1-3H3/t26-,27+/m1/s1.